The number of alkyl halides is 2. The maximum atomic E-state index is 13.4. The van der Waals surface area contributed by atoms with Crippen LogP contribution in [-0.2, 0) is 0 Å². The molecule has 1 saturated carbocycles. The fourth-order valence-electron chi connectivity index (χ4n) is 4.00. The Balaban J connectivity index is 1.90. The molecule has 0 radical (unpaired) electrons. The molecular formula is C12H19F2N. The molecule has 0 aromatic carbocycles. The van der Waals surface area contributed by atoms with Gasteiger partial charge in [0.05, 0.1) is 5.41 Å². The van der Waals surface area contributed by atoms with E-state index in [1.807, 2.05) is 0 Å². The molecule has 0 aromatic heterocycles. The molecular weight excluding hydrogens is 196 g/mol. The Morgan fingerprint density at radius 2 is 1.87 bits per heavy atom. The van der Waals surface area contributed by atoms with Gasteiger partial charge in [0.2, 0.25) is 0 Å². The molecule has 2 aliphatic heterocycles. The Morgan fingerprint density at radius 1 is 1.20 bits per heavy atom. The van der Waals surface area contributed by atoms with Crippen molar-refractivity contribution in [1.29, 1.82) is 0 Å². The van der Waals surface area contributed by atoms with E-state index in [1.165, 1.54) is 6.42 Å². The SMILES string of the molecule is CC(C)C12CCCN1C[C@]1(C2)CC1(F)F. The van der Waals surface area contributed by atoms with Gasteiger partial charge in [-0.25, -0.2) is 8.78 Å². The lowest BCUT2D eigenvalue weighted by Crippen LogP contribution is -2.42. The number of halogens is 2. The minimum absolute atomic E-state index is 0.111. The second-order valence-electron chi connectivity index (χ2n) is 6.12. The van der Waals surface area contributed by atoms with Crippen molar-refractivity contribution >= 4 is 0 Å². The van der Waals surface area contributed by atoms with Gasteiger partial charge in [0.25, 0.3) is 5.92 Å². The fourth-order valence-corrected chi connectivity index (χ4v) is 4.00. The van der Waals surface area contributed by atoms with Gasteiger partial charge in [-0.2, -0.15) is 0 Å². The van der Waals surface area contributed by atoms with Gasteiger partial charge < -0.3 is 0 Å². The Labute approximate surface area is 89.8 Å². The summed E-state index contributed by atoms with van der Waals surface area (Å²) in [6, 6.07) is 0. The van der Waals surface area contributed by atoms with Gasteiger partial charge >= 0.3 is 0 Å². The van der Waals surface area contributed by atoms with Crippen LogP contribution in [0.3, 0.4) is 0 Å². The molecule has 0 amide bonds. The number of hydrogen-bond acceptors (Lipinski definition) is 1. The molecule has 3 rings (SSSR count). The van der Waals surface area contributed by atoms with Crippen molar-refractivity contribution in [3.8, 4) is 0 Å². The van der Waals surface area contributed by atoms with Crippen molar-refractivity contribution in [2.45, 2.75) is 51.0 Å². The zero-order valence-corrected chi connectivity index (χ0v) is 9.52. The maximum absolute atomic E-state index is 13.4. The van der Waals surface area contributed by atoms with Crippen LogP contribution in [0.2, 0.25) is 0 Å². The van der Waals surface area contributed by atoms with Crippen LogP contribution >= 0.6 is 0 Å². The van der Waals surface area contributed by atoms with E-state index in [0.717, 1.165) is 19.4 Å². The first-order valence-electron chi connectivity index (χ1n) is 6.05. The van der Waals surface area contributed by atoms with Crippen LogP contribution in [0.4, 0.5) is 8.78 Å². The van der Waals surface area contributed by atoms with Crippen LogP contribution in [-0.4, -0.2) is 29.5 Å². The van der Waals surface area contributed by atoms with E-state index in [0.29, 0.717) is 12.5 Å². The first-order valence-corrected chi connectivity index (χ1v) is 6.05. The molecule has 2 atom stereocenters. The first-order chi connectivity index (χ1) is 6.92. The van der Waals surface area contributed by atoms with Crippen molar-refractivity contribution in [1.82, 2.24) is 4.90 Å². The lowest BCUT2D eigenvalue weighted by molar-refractivity contribution is 0.0651. The highest BCUT2D eigenvalue weighted by atomic mass is 19.3. The molecule has 0 N–H and O–H groups in total. The summed E-state index contributed by atoms with van der Waals surface area (Å²) in [6.45, 7) is 6.07. The Hall–Kier alpha value is -0.180. The van der Waals surface area contributed by atoms with Crippen LogP contribution in [0.25, 0.3) is 0 Å². The summed E-state index contributed by atoms with van der Waals surface area (Å²) in [7, 11) is 0. The molecule has 86 valence electrons. The van der Waals surface area contributed by atoms with Gasteiger partial charge in [-0.3, -0.25) is 4.90 Å². The lowest BCUT2D eigenvalue weighted by Gasteiger charge is -2.36. The van der Waals surface area contributed by atoms with Crippen LogP contribution in [0.15, 0.2) is 0 Å². The van der Waals surface area contributed by atoms with Crippen molar-refractivity contribution in [3.05, 3.63) is 0 Å². The Morgan fingerprint density at radius 3 is 2.33 bits per heavy atom. The summed E-state index contributed by atoms with van der Waals surface area (Å²) in [5.74, 6) is -1.85. The predicted octanol–water partition coefficient (Wildman–Crippen LogP) is 2.91. The van der Waals surface area contributed by atoms with Crippen molar-refractivity contribution in [2.75, 3.05) is 13.1 Å². The minimum atomic E-state index is -2.36. The Bertz CT molecular complexity index is 302. The van der Waals surface area contributed by atoms with Crippen molar-refractivity contribution in [2.24, 2.45) is 11.3 Å². The van der Waals surface area contributed by atoms with Gasteiger partial charge in [0.1, 0.15) is 0 Å². The van der Waals surface area contributed by atoms with E-state index in [2.05, 4.69) is 18.7 Å². The molecule has 0 bridgehead atoms. The normalized spacial score (nSPS) is 47.8. The topological polar surface area (TPSA) is 3.24 Å². The van der Waals surface area contributed by atoms with Gasteiger partial charge in [-0.05, 0) is 31.7 Å². The fraction of sp³-hybridized carbons (Fsp3) is 1.00. The molecule has 15 heavy (non-hydrogen) atoms. The van der Waals surface area contributed by atoms with Gasteiger partial charge in [-0.1, -0.05) is 13.8 Å². The summed E-state index contributed by atoms with van der Waals surface area (Å²) in [5.41, 5.74) is -0.516. The zero-order chi connectivity index (χ0) is 10.9. The molecule has 3 fully saturated rings. The molecule has 2 heterocycles. The number of hydrogen-bond donors (Lipinski definition) is 0. The predicted molar refractivity (Wildman–Crippen MR) is 55.0 cm³/mol. The number of fused-ring (bicyclic) bond motifs is 1. The molecule has 3 aliphatic rings. The minimum Gasteiger partial charge on any atom is -0.297 e. The third-order valence-electron chi connectivity index (χ3n) is 5.09. The zero-order valence-electron chi connectivity index (χ0n) is 9.52. The standard InChI is InChI=1S/C12H19F2N/c1-9(2)11-4-3-5-15(11)8-10(6-11)7-12(10,13)14/h9H,3-8H2,1-2H3/t10-,11?/m0/s1. The highest BCUT2D eigenvalue weighted by Gasteiger charge is 2.77. The van der Waals surface area contributed by atoms with E-state index in [1.54, 1.807) is 0 Å². The first kappa shape index (κ1) is 10.0. The molecule has 3 heteroatoms. The van der Waals surface area contributed by atoms with Crippen molar-refractivity contribution < 1.29 is 8.78 Å². The third-order valence-corrected chi connectivity index (χ3v) is 5.09. The molecule has 1 unspecified atom stereocenters. The van der Waals surface area contributed by atoms with Crippen molar-refractivity contribution in [3.63, 3.8) is 0 Å². The highest BCUT2D eigenvalue weighted by molar-refractivity contribution is 5.22. The van der Waals surface area contributed by atoms with Gasteiger partial charge in [-0.15, -0.1) is 0 Å². The van der Waals surface area contributed by atoms with E-state index < -0.39 is 11.3 Å². The quantitative estimate of drug-likeness (QED) is 0.650. The highest BCUT2D eigenvalue weighted by Crippen LogP contribution is 2.70. The van der Waals surface area contributed by atoms with E-state index in [-0.39, 0.29) is 12.0 Å². The van der Waals surface area contributed by atoms with Crippen LogP contribution in [0, 0.1) is 11.3 Å². The molecule has 2 saturated heterocycles. The van der Waals surface area contributed by atoms with E-state index in [4.69, 9.17) is 0 Å². The van der Waals surface area contributed by atoms with E-state index >= 15 is 0 Å². The lowest BCUT2D eigenvalue weighted by atomic mass is 9.79. The smallest absolute Gasteiger partial charge is 0.255 e. The average molecular weight is 215 g/mol. The summed E-state index contributed by atoms with van der Waals surface area (Å²) in [5, 5.41) is 0. The number of nitrogens with zero attached hydrogens (tertiary/aromatic N) is 1. The summed E-state index contributed by atoms with van der Waals surface area (Å²) >= 11 is 0. The van der Waals surface area contributed by atoms with Gasteiger partial charge in [0, 0.05) is 18.5 Å². The average Bonchev–Trinajstić information content (AvgIpc) is 2.46. The van der Waals surface area contributed by atoms with Crippen LogP contribution in [0.5, 0.6) is 0 Å². The molecule has 1 aliphatic carbocycles. The molecule has 0 aromatic rings. The maximum Gasteiger partial charge on any atom is 0.255 e. The number of rotatable bonds is 1. The summed E-state index contributed by atoms with van der Waals surface area (Å²) in [4.78, 5) is 2.36. The van der Waals surface area contributed by atoms with Crippen LogP contribution in [0.1, 0.15) is 39.5 Å². The molecule has 1 spiro atoms. The van der Waals surface area contributed by atoms with Crippen LogP contribution < -0.4 is 0 Å². The third kappa shape index (κ3) is 1.05. The van der Waals surface area contributed by atoms with Gasteiger partial charge in [0.15, 0.2) is 0 Å². The Kier molecular flexibility index (Phi) is 1.70. The summed E-state index contributed by atoms with van der Waals surface area (Å²) in [6.07, 6.45) is 3.21. The summed E-state index contributed by atoms with van der Waals surface area (Å²) < 4.78 is 26.8. The second kappa shape index (κ2) is 2.55. The second-order valence-corrected chi connectivity index (χ2v) is 6.12. The molecule has 1 nitrogen and oxygen atoms in total. The van der Waals surface area contributed by atoms with E-state index in [9.17, 15) is 8.78 Å². The largest absolute Gasteiger partial charge is 0.297 e. The monoisotopic (exact) mass is 215 g/mol.